The maximum absolute atomic E-state index is 6.35. The summed E-state index contributed by atoms with van der Waals surface area (Å²) in [6.07, 6.45) is 0. The zero-order valence-electron chi connectivity index (χ0n) is 15.7. The van der Waals surface area contributed by atoms with Crippen molar-refractivity contribution in [2.24, 2.45) is 0 Å². The van der Waals surface area contributed by atoms with Crippen molar-refractivity contribution in [3.63, 3.8) is 0 Å². The van der Waals surface area contributed by atoms with Crippen LogP contribution in [0, 0.1) is 0 Å². The molecule has 0 amide bonds. The largest absolute Gasteiger partial charge is 0.496 e. The second kappa shape index (κ2) is 9.15. The normalized spacial score (nSPS) is 16.0. The van der Waals surface area contributed by atoms with Crippen LogP contribution in [0.3, 0.4) is 0 Å². The monoisotopic (exact) mass is 454 g/mol. The lowest BCUT2D eigenvalue weighted by molar-refractivity contribution is 0.194. The van der Waals surface area contributed by atoms with Crippen LogP contribution in [0.2, 0.25) is 5.02 Å². The summed E-state index contributed by atoms with van der Waals surface area (Å²) in [7, 11) is 4.97. The van der Waals surface area contributed by atoms with Gasteiger partial charge in [0.25, 0.3) is 0 Å². The molecule has 2 aromatic rings. The van der Waals surface area contributed by atoms with Crippen LogP contribution in [-0.2, 0) is 0 Å². The number of ether oxygens (including phenoxy) is 3. The van der Waals surface area contributed by atoms with Gasteiger partial charge in [0.05, 0.1) is 27.4 Å². The van der Waals surface area contributed by atoms with Gasteiger partial charge in [-0.1, -0.05) is 27.5 Å². The molecule has 1 fully saturated rings. The minimum Gasteiger partial charge on any atom is -0.496 e. The topological polar surface area (TPSA) is 43.0 Å². The van der Waals surface area contributed by atoms with Gasteiger partial charge >= 0.3 is 0 Å². The number of nitrogens with zero attached hydrogens (tertiary/aromatic N) is 1. The number of piperazine rings is 1. The Hall–Kier alpha value is -1.47. The average molecular weight is 456 g/mol. The van der Waals surface area contributed by atoms with E-state index in [0.717, 1.165) is 47.5 Å². The van der Waals surface area contributed by atoms with Gasteiger partial charge in [-0.05, 0) is 35.9 Å². The van der Waals surface area contributed by atoms with E-state index in [-0.39, 0.29) is 6.04 Å². The molecule has 0 bridgehead atoms. The maximum Gasteiger partial charge on any atom is 0.161 e. The summed E-state index contributed by atoms with van der Waals surface area (Å²) in [4.78, 5) is 2.43. The number of hydrogen-bond acceptors (Lipinski definition) is 5. The van der Waals surface area contributed by atoms with Crippen LogP contribution in [-0.4, -0.2) is 52.4 Å². The minimum atomic E-state index is -0.0325. The van der Waals surface area contributed by atoms with E-state index in [1.807, 2.05) is 30.3 Å². The van der Waals surface area contributed by atoms with Gasteiger partial charge in [-0.15, -0.1) is 0 Å². The van der Waals surface area contributed by atoms with Gasteiger partial charge in [0.2, 0.25) is 0 Å². The Morgan fingerprint density at radius 1 is 0.926 bits per heavy atom. The number of rotatable bonds is 6. The van der Waals surface area contributed by atoms with Crippen molar-refractivity contribution >= 4 is 27.5 Å². The Balaban J connectivity index is 2.18. The number of hydrogen-bond donors (Lipinski definition) is 1. The molecule has 0 aromatic heterocycles. The van der Waals surface area contributed by atoms with Gasteiger partial charge < -0.3 is 19.5 Å². The van der Waals surface area contributed by atoms with Crippen LogP contribution >= 0.6 is 27.5 Å². The minimum absolute atomic E-state index is 0.0325. The SMILES string of the molecule is COc1cc(Br)c(C(c2cc(Cl)ccc2OC)N2CCNCC2)cc1OC. The van der Waals surface area contributed by atoms with Crippen LogP contribution in [0.25, 0.3) is 0 Å². The molecule has 7 heteroatoms. The van der Waals surface area contributed by atoms with E-state index in [2.05, 4.69) is 26.1 Å². The van der Waals surface area contributed by atoms with Crippen molar-refractivity contribution in [1.82, 2.24) is 10.2 Å². The Labute approximate surface area is 173 Å². The van der Waals surface area contributed by atoms with Crippen LogP contribution in [0.5, 0.6) is 17.2 Å². The van der Waals surface area contributed by atoms with Gasteiger partial charge in [0.1, 0.15) is 5.75 Å². The van der Waals surface area contributed by atoms with Crippen LogP contribution in [0.1, 0.15) is 17.2 Å². The van der Waals surface area contributed by atoms with Crippen molar-refractivity contribution < 1.29 is 14.2 Å². The molecule has 0 aliphatic carbocycles. The highest BCUT2D eigenvalue weighted by Crippen LogP contribution is 2.43. The first kappa shape index (κ1) is 20.3. The Bertz CT molecular complexity index is 797. The first-order valence-electron chi connectivity index (χ1n) is 8.78. The molecular weight excluding hydrogens is 432 g/mol. The molecule has 0 spiro atoms. The Morgan fingerprint density at radius 2 is 1.56 bits per heavy atom. The highest BCUT2D eigenvalue weighted by molar-refractivity contribution is 9.10. The van der Waals surface area contributed by atoms with Crippen molar-refractivity contribution in [2.45, 2.75) is 6.04 Å². The summed E-state index contributed by atoms with van der Waals surface area (Å²) in [5.74, 6) is 2.19. The van der Waals surface area contributed by atoms with E-state index in [1.54, 1.807) is 21.3 Å². The summed E-state index contributed by atoms with van der Waals surface area (Å²) in [6.45, 7) is 3.71. The summed E-state index contributed by atoms with van der Waals surface area (Å²) in [5.41, 5.74) is 2.11. The van der Waals surface area contributed by atoms with E-state index >= 15 is 0 Å². The Morgan fingerprint density at radius 3 is 2.19 bits per heavy atom. The molecule has 1 atom stereocenters. The predicted octanol–water partition coefficient (Wildman–Crippen LogP) is 4.12. The fourth-order valence-corrected chi connectivity index (χ4v) is 4.22. The number of halogens is 2. The first-order chi connectivity index (χ1) is 13.1. The molecule has 1 unspecified atom stereocenters. The standard InChI is InChI=1S/C20H24BrClN2O3/c1-25-17-5-4-13(22)10-15(17)20(24-8-6-23-7-9-24)14-11-18(26-2)19(27-3)12-16(14)21/h4-5,10-12,20,23H,6-9H2,1-3H3. The first-order valence-corrected chi connectivity index (χ1v) is 9.95. The van der Waals surface area contributed by atoms with E-state index in [1.165, 1.54) is 0 Å². The van der Waals surface area contributed by atoms with Crippen LogP contribution in [0.4, 0.5) is 0 Å². The summed E-state index contributed by atoms with van der Waals surface area (Å²) >= 11 is 10.1. The number of methoxy groups -OCH3 is 3. The highest BCUT2D eigenvalue weighted by atomic mass is 79.9. The van der Waals surface area contributed by atoms with E-state index in [0.29, 0.717) is 16.5 Å². The van der Waals surface area contributed by atoms with Crippen molar-refractivity contribution in [2.75, 3.05) is 47.5 Å². The van der Waals surface area contributed by atoms with Crippen molar-refractivity contribution in [3.8, 4) is 17.2 Å². The molecule has 1 N–H and O–H groups in total. The van der Waals surface area contributed by atoms with E-state index in [9.17, 15) is 0 Å². The van der Waals surface area contributed by atoms with Gasteiger partial charge in [-0.2, -0.15) is 0 Å². The highest BCUT2D eigenvalue weighted by Gasteiger charge is 2.29. The molecule has 2 aromatic carbocycles. The summed E-state index contributed by atoms with van der Waals surface area (Å²) in [6, 6.07) is 9.69. The smallest absolute Gasteiger partial charge is 0.161 e. The molecule has 146 valence electrons. The fourth-order valence-electron chi connectivity index (χ4n) is 3.50. The third-order valence-corrected chi connectivity index (χ3v) is 5.72. The van der Waals surface area contributed by atoms with Gasteiger partial charge in [0.15, 0.2) is 11.5 Å². The second-order valence-electron chi connectivity index (χ2n) is 6.30. The second-order valence-corrected chi connectivity index (χ2v) is 7.59. The van der Waals surface area contributed by atoms with Crippen LogP contribution < -0.4 is 19.5 Å². The molecule has 5 nitrogen and oxygen atoms in total. The molecule has 1 heterocycles. The third-order valence-electron chi connectivity index (χ3n) is 4.80. The van der Waals surface area contributed by atoms with Gasteiger partial charge in [0, 0.05) is 41.2 Å². The molecule has 0 radical (unpaired) electrons. The summed E-state index contributed by atoms with van der Waals surface area (Å²) in [5, 5.41) is 4.10. The van der Waals surface area contributed by atoms with Crippen LogP contribution in [0.15, 0.2) is 34.8 Å². The average Bonchev–Trinajstić information content (AvgIpc) is 2.70. The van der Waals surface area contributed by atoms with Gasteiger partial charge in [-0.3, -0.25) is 4.90 Å². The number of benzene rings is 2. The molecule has 1 aliphatic rings. The van der Waals surface area contributed by atoms with E-state index < -0.39 is 0 Å². The molecular formula is C20H24BrClN2O3. The number of nitrogens with one attached hydrogen (secondary N) is 1. The molecule has 1 aliphatic heterocycles. The fraction of sp³-hybridized carbons (Fsp3) is 0.400. The lowest BCUT2D eigenvalue weighted by Gasteiger charge is -2.36. The molecule has 1 saturated heterocycles. The lowest BCUT2D eigenvalue weighted by atomic mass is 9.95. The predicted molar refractivity (Wildman–Crippen MR) is 112 cm³/mol. The summed E-state index contributed by atoms with van der Waals surface area (Å²) < 4.78 is 17.6. The molecule has 3 rings (SSSR count). The zero-order chi connectivity index (χ0) is 19.4. The Kier molecular flexibility index (Phi) is 6.87. The zero-order valence-corrected chi connectivity index (χ0v) is 18.1. The van der Waals surface area contributed by atoms with Crippen molar-refractivity contribution in [3.05, 3.63) is 51.0 Å². The molecule has 27 heavy (non-hydrogen) atoms. The van der Waals surface area contributed by atoms with Gasteiger partial charge in [-0.25, -0.2) is 0 Å². The maximum atomic E-state index is 6.35. The van der Waals surface area contributed by atoms with Crippen molar-refractivity contribution in [1.29, 1.82) is 0 Å². The quantitative estimate of drug-likeness (QED) is 0.710. The lowest BCUT2D eigenvalue weighted by Crippen LogP contribution is -2.45. The third kappa shape index (κ3) is 4.35. The van der Waals surface area contributed by atoms with E-state index in [4.69, 9.17) is 25.8 Å². The molecule has 0 saturated carbocycles.